The van der Waals surface area contributed by atoms with E-state index in [1.807, 2.05) is 0 Å². The molecule has 0 amide bonds. The molecular weight excluding hydrogens is 318 g/mol. The highest BCUT2D eigenvalue weighted by molar-refractivity contribution is 5.82. The van der Waals surface area contributed by atoms with Crippen LogP contribution in [0, 0.1) is 28.6 Å². The van der Waals surface area contributed by atoms with Gasteiger partial charge in [0.15, 0.2) is 0 Å². The van der Waals surface area contributed by atoms with Crippen molar-refractivity contribution in [1.29, 1.82) is 0 Å². The van der Waals surface area contributed by atoms with Crippen molar-refractivity contribution < 1.29 is 37.7 Å². The average molecular weight is 372 g/mol. The van der Waals surface area contributed by atoms with Gasteiger partial charge in [-0.25, -0.2) is 0 Å². The Morgan fingerprint density at radius 3 is 3.04 bits per heavy atom. The van der Waals surface area contributed by atoms with Gasteiger partial charge in [0.25, 0.3) is 0 Å². The van der Waals surface area contributed by atoms with Crippen LogP contribution in [0.4, 0.5) is 0 Å². The van der Waals surface area contributed by atoms with Gasteiger partial charge in [0.2, 0.25) is 0 Å². The first-order valence-corrected chi connectivity index (χ1v) is 7.98. The maximum absolute atomic E-state index is 13.3. The summed E-state index contributed by atoms with van der Waals surface area (Å²) in [7, 11) is 0. The van der Waals surface area contributed by atoms with Gasteiger partial charge in [-0.05, 0) is 77.7 Å². The number of ketones is 1. The van der Waals surface area contributed by atoms with E-state index in [4.69, 9.17) is 30.2 Å². The van der Waals surface area contributed by atoms with Crippen molar-refractivity contribution in [3.05, 3.63) is 47.7 Å². The summed E-state index contributed by atoms with van der Waals surface area (Å²) < 4.78 is 210. The zero-order valence-electron chi connectivity index (χ0n) is 37.3. The monoisotopic (exact) mass is 371 g/mol. The maximum atomic E-state index is 13.3. The predicted molar refractivity (Wildman–Crippen MR) is 104 cm³/mol. The molecule has 2 saturated carbocycles. The Hall–Kier alpha value is -1.70. The third kappa shape index (κ3) is 2.17. The minimum Gasteiger partial charge on any atom is -0.299 e. The fourth-order valence-electron chi connectivity index (χ4n) is 3.94. The van der Waals surface area contributed by atoms with Crippen LogP contribution in [0.5, 0.6) is 0 Å². The van der Waals surface area contributed by atoms with Crippen molar-refractivity contribution in [3.8, 4) is 0 Å². The van der Waals surface area contributed by atoms with E-state index in [1.165, 1.54) is 0 Å². The topological polar surface area (TPSA) is 30.0 Å². The highest BCUT2D eigenvalue weighted by Gasteiger charge is 2.56. The van der Waals surface area contributed by atoms with Crippen molar-refractivity contribution in [2.24, 2.45) is 28.6 Å². The second-order valence-electron chi connectivity index (χ2n) is 6.56. The molecule has 5 rings (SSSR count). The van der Waals surface area contributed by atoms with Gasteiger partial charge in [0.05, 0.1) is 8.22 Å². The van der Waals surface area contributed by atoms with E-state index in [0.29, 0.717) is 0 Å². The van der Waals surface area contributed by atoms with Crippen LogP contribution in [0.2, 0.25) is 0 Å². The van der Waals surface area contributed by atoms with Gasteiger partial charge in [-0.2, -0.15) is 0 Å². The summed E-state index contributed by atoms with van der Waals surface area (Å²) in [5.74, 6) is -10.4. The Morgan fingerprint density at radius 1 is 1.23 bits per heavy atom. The fraction of sp³-hybridized carbons (Fsp3) is 0.583. The van der Waals surface area contributed by atoms with Gasteiger partial charge in [0.1, 0.15) is 5.78 Å². The van der Waals surface area contributed by atoms with E-state index in [-0.39, 0.29) is 0 Å². The van der Waals surface area contributed by atoms with Crippen LogP contribution in [0.1, 0.15) is 96.8 Å². The number of carbonyl (C=O) groups is 1. The molecule has 0 N–H and O–H groups in total. The molecule has 0 saturated heterocycles. The van der Waals surface area contributed by atoms with Crippen LogP contribution in [0.3, 0.4) is 0 Å². The Morgan fingerprint density at radius 2 is 2.15 bits per heavy atom. The minimum atomic E-state index is -4.12. The number of hydrogen-bond donors (Lipinski definition) is 0. The maximum Gasteiger partial charge on any atom is 0.136 e. The Balaban J connectivity index is 2.06. The van der Waals surface area contributed by atoms with E-state index in [2.05, 4.69) is 4.98 Å². The number of allylic oxidation sites excluding steroid dienone is 4. The molecular formula is C24H29NO. The molecule has 0 radical (unpaired) electrons. The molecule has 1 aromatic heterocycles. The minimum absolute atomic E-state index is 0.958. The number of pyridine rings is 1. The van der Waals surface area contributed by atoms with Gasteiger partial charge >= 0.3 is 0 Å². The molecule has 1 aromatic rings. The second kappa shape index (κ2) is 5.65. The molecule has 3 unspecified atom stereocenters. The molecule has 0 spiro atoms. The van der Waals surface area contributed by atoms with Crippen LogP contribution in [-0.4, -0.2) is 10.8 Å². The lowest BCUT2D eigenvalue weighted by Crippen LogP contribution is -2.49. The van der Waals surface area contributed by atoms with E-state index in [9.17, 15) is 7.54 Å². The van der Waals surface area contributed by atoms with Gasteiger partial charge in [-0.3, -0.25) is 9.78 Å². The molecule has 2 nitrogen and oxygen atoms in total. The van der Waals surface area contributed by atoms with E-state index < -0.39 is 146 Å². The average Bonchev–Trinajstić information content (AvgIpc) is 3.10. The lowest BCUT2D eigenvalue weighted by atomic mass is 9.47. The number of carbonyl (C=O) groups excluding carboxylic acids is 1. The largest absolute Gasteiger partial charge is 0.299 e. The molecule has 2 fully saturated rings. The third-order valence-electron chi connectivity index (χ3n) is 5.25. The molecule has 0 aromatic carbocycles. The van der Waals surface area contributed by atoms with Crippen LogP contribution in [0.25, 0.3) is 5.57 Å². The van der Waals surface area contributed by atoms with Crippen molar-refractivity contribution in [1.82, 2.24) is 4.98 Å². The van der Waals surface area contributed by atoms with Crippen molar-refractivity contribution in [3.63, 3.8) is 0 Å². The summed E-state index contributed by atoms with van der Waals surface area (Å²) in [4.78, 5) is 16.7. The summed E-state index contributed by atoms with van der Waals surface area (Å²) in [5.41, 5.74) is -11.3. The van der Waals surface area contributed by atoms with Gasteiger partial charge < -0.3 is 0 Å². The Bertz CT molecular complexity index is 1780. The summed E-state index contributed by atoms with van der Waals surface area (Å²) in [5, 5.41) is 0. The molecule has 26 heavy (non-hydrogen) atoms. The molecule has 0 bridgehead atoms. The second-order valence-corrected chi connectivity index (χ2v) is 6.56. The van der Waals surface area contributed by atoms with Crippen LogP contribution < -0.4 is 0 Å². The quantitative estimate of drug-likeness (QED) is 0.601. The third-order valence-corrected chi connectivity index (χ3v) is 5.25. The predicted octanol–water partition coefficient (Wildman–Crippen LogP) is 5.61. The van der Waals surface area contributed by atoms with Crippen LogP contribution >= 0.6 is 0 Å². The molecule has 1 heterocycles. The summed E-state index contributed by atoms with van der Waals surface area (Å²) in [6, 6.07) is -5.35. The highest BCUT2D eigenvalue weighted by Crippen LogP contribution is 2.66. The van der Waals surface area contributed by atoms with Crippen LogP contribution in [-0.2, 0) is 4.79 Å². The highest BCUT2D eigenvalue weighted by atomic mass is 16.1. The van der Waals surface area contributed by atoms with E-state index in [0.717, 1.165) is 0 Å². The number of fused-ring (bicyclic) bond motifs is 5. The van der Waals surface area contributed by atoms with Gasteiger partial charge in [-0.15, -0.1) is 0 Å². The molecule has 136 valence electrons. The lowest BCUT2D eigenvalue weighted by molar-refractivity contribution is -0.122. The van der Waals surface area contributed by atoms with E-state index in [1.54, 1.807) is 0 Å². The number of Topliss-reactive ketones (excluding diaryl/α,β-unsaturated/α-hetero) is 1. The molecule has 4 aliphatic carbocycles. The Kier molecular flexibility index (Phi) is 1.05. The smallest absolute Gasteiger partial charge is 0.136 e. The number of nitrogens with zero attached hydrogens (tertiary/aromatic N) is 1. The first-order chi connectivity index (χ1) is 22.0. The molecule has 0 aliphatic heterocycles. The van der Waals surface area contributed by atoms with Gasteiger partial charge in [-0.1, -0.05) is 37.4 Å². The molecule has 2 heteroatoms. The zero-order valence-corrected chi connectivity index (χ0v) is 13.3. The normalized spacial score (nSPS) is 68.5. The van der Waals surface area contributed by atoms with Crippen molar-refractivity contribution in [2.75, 3.05) is 0 Å². The van der Waals surface area contributed by atoms with Crippen molar-refractivity contribution in [2.45, 2.75) is 58.4 Å². The molecule has 5 atom stereocenters. The Labute approximate surface area is 190 Å². The first kappa shape index (κ1) is 4.82. The lowest BCUT2D eigenvalue weighted by Gasteiger charge is -2.57. The SMILES string of the molecule is [2H]C1=C2C([2H])([2H])C(=O)C([2H])([2H])C([2H])([2H])[C@]2(C([2H])([2H])[2H])C2CC([2H])([2H])[C@]3(C([2H])([2H])[2H])C(c4c([2H])nc([2H])c([2H])c4[2H])=C([2H])C([2H])([2H])C3C2C1([2H])[2H]. The van der Waals surface area contributed by atoms with E-state index >= 15 is 0 Å². The zero-order chi connectivity index (χ0) is 38.9. The summed E-state index contributed by atoms with van der Waals surface area (Å²) in [6.07, 6.45) is -26.7. The van der Waals surface area contributed by atoms with Crippen LogP contribution in [0.15, 0.2) is 42.1 Å². The number of hydrogen-bond acceptors (Lipinski definition) is 2. The van der Waals surface area contributed by atoms with Gasteiger partial charge in [0, 0.05) is 49.8 Å². The molecule has 4 aliphatic rings. The number of rotatable bonds is 1. The first-order valence-electron chi connectivity index (χ1n) is 20.0. The van der Waals surface area contributed by atoms with Crippen molar-refractivity contribution >= 4 is 11.4 Å². The standard InChI is InChI=1S/C24H29NO/c1-23-11-9-18(26)14-17(23)5-6-19-21-8-7-20(16-4-3-13-25-15-16)24(21,2)12-10-22(19)23/h3-5,7,13,15,19,21-22H,6,8-12,14H2,1-2H3/t19?,21?,22?,23-,24+/m0/s1/i1D3,2D3,3D,4D,5D,6D2,7D,8D2,9D2,11D2,12D2,13D,14D2,15D. The summed E-state index contributed by atoms with van der Waals surface area (Å²) >= 11 is 0. The fourth-order valence-corrected chi connectivity index (χ4v) is 3.94. The number of aromatic nitrogens is 1. The summed E-state index contributed by atoms with van der Waals surface area (Å²) in [6.45, 7) is -7.96.